The van der Waals surface area contributed by atoms with Crippen LogP contribution in [0.5, 0.6) is 0 Å². The molecule has 30 heavy (non-hydrogen) atoms. The molecular weight excluding hydrogens is 376 g/mol. The van der Waals surface area contributed by atoms with Crippen molar-refractivity contribution in [2.24, 2.45) is 0 Å². The van der Waals surface area contributed by atoms with E-state index in [2.05, 4.69) is 45.4 Å². The molecule has 0 spiro atoms. The monoisotopic (exact) mass is 406 g/mol. The third kappa shape index (κ3) is 4.82. The number of carbonyl (C=O) groups is 1. The standard InChI is InChI=1S/C24H30N4O2/c1-24(2,3)30-23(29)28-14-13-27(16-18-9-5-4-6-10-18)17-19(28)15-22-20-11-7-8-12-21(20)25-26-22/h4-12,19H,13-17H2,1-3H3,(H,25,26). The Labute approximate surface area is 177 Å². The van der Waals surface area contributed by atoms with Crippen molar-refractivity contribution >= 4 is 17.0 Å². The number of rotatable bonds is 4. The maximum absolute atomic E-state index is 12.9. The lowest BCUT2D eigenvalue weighted by atomic mass is 10.0. The van der Waals surface area contributed by atoms with E-state index in [4.69, 9.17) is 4.74 Å². The second-order valence-corrected chi connectivity index (χ2v) is 8.97. The maximum Gasteiger partial charge on any atom is 0.410 e. The number of H-pyrrole nitrogens is 1. The Morgan fingerprint density at radius 3 is 2.60 bits per heavy atom. The maximum atomic E-state index is 12.9. The summed E-state index contributed by atoms with van der Waals surface area (Å²) in [5, 5.41) is 8.73. The Hall–Kier alpha value is -2.86. The zero-order valence-electron chi connectivity index (χ0n) is 18.0. The SMILES string of the molecule is CC(C)(C)OC(=O)N1CCN(Cc2ccccc2)CC1Cc1[nH]nc2ccccc12. The minimum absolute atomic E-state index is 0.0150. The number of hydrogen-bond donors (Lipinski definition) is 1. The summed E-state index contributed by atoms with van der Waals surface area (Å²) in [5.41, 5.74) is 2.79. The Kier molecular flexibility index (Phi) is 5.77. The summed E-state index contributed by atoms with van der Waals surface area (Å²) in [4.78, 5) is 17.2. The predicted molar refractivity (Wildman–Crippen MR) is 118 cm³/mol. The summed E-state index contributed by atoms with van der Waals surface area (Å²) in [6.45, 7) is 8.88. The van der Waals surface area contributed by atoms with Crippen LogP contribution in [-0.2, 0) is 17.7 Å². The van der Waals surface area contributed by atoms with Gasteiger partial charge in [0.15, 0.2) is 0 Å². The minimum Gasteiger partial charge on any atom is -0.444 e. The molecule has 2 aromatic carbocycles. The van der Waals surface area contributed by atoms with Crippen LogP contribution < -0.4 is 0 Å². The third-order valence-electron chi connectivity index (χ3n) is 5.42. The van der Waals surface area contributed by atoms with Crippen LogP contribution in [0.1, 0.15) is 32.0 Å². The minimum atomic E-state index is -0.510. The highest BCUT2D eigenvalue weighted by molar-refractivity contribution is 5.81. The molecule has 6 nitrogen and oxygen atoms in total. The number of hydrogen-bond acceptors (Lipinski definition) is 4. The van der Waals surface area contributed by atoms with E-state index in [-0.39, 0.29) is 12.1 Å². The Balaban J connectivity index is 1.55. The fourth-order valence-corrected chi connectivity index (χ4v) is 4.05. The number of benzene rings is 2. The number of aromatic amines is 1. The van der Waals surface area contributed by atoms with E-state index in [1.165, 1.54) is 5.56 Å². The van der Waals surface area contributed by atoms with Crippen molar-refractivity contribution in [3.8, 4) is 0 Å². The Morgan fingerprint density at radius 2 is 1.83 bits per heavy atom. The highest BCUT2D eigenvalue weighted by Gasteiger charge is 2.34. The van der Waals surface area contributed by atoms with Gasteiger partial charge >= 0.3 is 6.09 Å². The zero-order valence-corrected chi connectivity index (χ0v) is 18.0. The van der Waals surface area contributed by atoms with Crippen LogP contribution in [0.2, 0.25) is 0 Å². The average molecular weight is 407 g/mol. The topological polar surface area (TPSA) is 61.5 Å². The first-order valence-electron chi connectivity index (χ1n) is 10.6. The number of carbonyl (C=O) groups excluding carboxylic acids is 1. The molecule has 1 aliphatic heterocycles. The second-order valence-electron chi connectivity index (χ2n) is 8.97. The number of ether oxygens (including phenoxy) is 1. The quantitative estimate of drug-likeness (QED) is 0.704. The fraction of sp³-hybridized carbons (Fsp3) is 0.417. The Morgan fingerprint density at radius 1 is 1.10 bits per heavy atom. The van der Waals surface area contributed by atoms with Crippen molar-refractivity contribution in [1.82, 2.24) is 20.0 Å². The number of amides is 1. The molecule has 1 fully saturated rings. The summed E-state index contributed by atoms with van der Waals surface area (Å²) < 4.78 is 5.71. The molecule has 0 aliphatic carbocycles. The van der Waals surface area contributed by atoms with Gasteiger partial charge in [0.05, 0.1) is 11.6 Å². The summed E-state index contributed by atoms with van der Waals surface area (Å²) in [6.07, 6.45) is 0.473. The molecule has 1 saturated heterocycles. The van der Waals surface area contributed by atoms with Gasteiger partial charge < -0.3 is 9.64 Å². The number of piperazine rings is 1. The molecule has 1 aliphatic rings. The normalized spacial score (nSPS) is 18.0. The van der Waals surface area contributed by atoms with E-state index in [1.54, 1.807) is 0 Å². The van der Waals surface area contributed by atoms with Crippen LogP contribution in [0.15, 0.2) is 54.6 Å². The van der Waals surface area contributed by atoms with Crippen LogP contribution >= 0.6 is 0 Å². The lowest BCUT2D eigenvalue weighted by molar-refractivity contribution is -0.00242. The first-order chi connectivity index (χ1) is 14.4. The van der Waals surface area contributed by atoms with Crippen molar-refractivity contribution in [2.45, 2.75) is 45.4 Å². The average Bonchev–Trinajstić information content (AvgIpc) is 3.11. The summed E-state index contributed by atoms with van der Waals surface area (Å²) in [7, 11) is 0. The molecular formula is C24H30N4O2. The summed E-state index contributed by atoms with van der Waals surface area (Å²) in [6, 6.07) is 18.6. The zero-order chi connectivity index (χ0) is 21.1. The van der Waals surface area contributed by atoms with Crippen LogP contribution in [0.4, 0.5) is 4.79 Å². The fourth-order valence-electron chi connectivity index (χ4n) is 4.05. The molecule has 0 bridgehead atoms. The second kappa shape index (κ2) is 8.48. The predicted octanol–water partition coefficient (Wildman–Crippen LogP) is 4.23. The number of nitrogens with one attached hydrogen (secondary N) is 1. The van der Waals surface area contributed by atoms with Crippen LogP contribution in [-0.4, -0.2) is 57.4 Å². The van der Waals surface area contributed by atoms with Crippen molar-refractivity contribution in [1.29, 1.82) is 0 Å². The molecule has 6 heteroatoms. The van der Waals surface area contributed by atoms with Gasteiger partial charge in [0.2, 0.25) is 0 Å². The molecule has 158 valence electrons. The van der Waals surface area contributed by atoms with E-state index in [0.29, 0.717) is 13.0 Å². The smallest absolute Gasteiger partial charge is 0.410 e. The molecule has 1 aromatic heterocycles. The van der Waals surface area contributed by atoms with Crippen LogP contribution in [0.25, 0.3) is 10.9 Å². The van der Waals surface area contributed by atoms with E-state index < -0.39 is 5.60 Å². The van der Waals surface area contributed by atoms with Gasteiger partial charge in [-0.05, 0) is 32.4 Å². The molecule has 1 N–H and O–H groups in total. The van der Waals surface area contributed by atoms with E-state index >= 15 is 0 Å². The van der Waals surface area contributed by atoms with Gasteiger partial charge in [0.25, 0.3) is 0 Å². The van der Waals surface area contributed by atoms with Gasteiger partial charge in [-0.1, -0.05) is 48.5 Å². The van der Waals surface area contributed by atoms with Gasteiger partial charge in [-0.3, -0.25) is 10.00 Å². The van der Waals surface area contributed by atoms with Crippen LogP contribution in [0, 0.1) is 0 Å². The van der Waals surface area contributed by atoms with Crippen molar-refractivity contribution in [3.05, 3.63) is 65.9 Å². The molecule has 0 saturated carbocycles. The van der Waals surface area contributed by atoms with E-state index in [0.717, 1.165) is 36.2 Å². The number of fused-ring (bicyclic) bond motifs is 1. The lowest BCUT2D eigenvalue weighted by Gasteiger charge is -2.41. The van der Waals surface area contributed by atoms with Gasteiger partial charge in [-0.25, -0.2) is 4.79 Å². The highest BCUT2D eigenvalue weighted by Crippen LogP contribution is 2.23. The number of nitrogens with zero attached hydrogens (tertiary/aromatic N) is 3. The largest absolute Gasteiger partial charge is 0.444 e. The molecule has 0 radical (unpaired) electrons. The number of aromatic nitrogens is 2. The first-order valence-corrected chi connectivity index (χ1v) is 10.6. The van der Waals surface area contributed by atoms with Crippen molar-refractivity contribution in [2.75, 3.05) is 19.6 Å². The molecule has 1 amide bonds. The van der Waals surface area contributed by atoms with Gasteiger partial charge in [0, 0.05) is 43.7 Å². The van der Waals surface area contributed by atoms with E-state index in [9.17, 15) is 4.79 Å². The van der Waals surface area contributed by atoms with Gasteiger partial charge in [-0.2, -0.15) is 5.10 Å². The molecule has 4 rings (SSSR count). The van der Waals surface area contributed by atoms with Crippen molar-refractivity contribution in [3.63, 3.8) is 0 Å². The summed E-state index contributed by atoms with van der Waals surface area (Å²) in [5.74, 6) is 0. The molecule has 3 aromatic rings. The van der Waals surface area contributed by atoms with Crippen LogP contribution in [0.3, 0.4) is 0 Å². The van der Waals surface area contributed by atoms with E-state index in [1.807, 2.05) is 49.9 Å². The van der Waals surface area contributed by atoms with Crippen molar-refractivity contribution < 1.29 is 9.53 Å². The first kappa shape index (κ1) is 20.4. The summed E-state index contributed by atoms with van der Waals surface area (Å²) >= 11 is 0. The third-order valence-corrected chi connectivity index (χ3v) is 5.42. The molecule has 1 unspecified atom stereocenters. The van der Waals surface area contributed by atoms with Gasteiger partial charge in [-0.15, -0.1) is 0 Å². The lowest BCUT2D eigenvalue weighted by Crippen LogP contribution is -2.56. The molecule has 1 atom stereocenters. The Bertz CT molecular complexity index is 993. The molecule has 2 heterocycles. The van der Waals surface area contributed by atoms with Gasteiger partial charge in [0.1, 0.15) is 5.60 Å². The highest BCUT2D eigenvalue weighted by atomic mass is 16.6. The number of para-hydroxylation sites is 1.